The van der Waals surface area contributed by atoms with Gasteiger partial charge in [-0.2, -0.15) is 16.8 Å². The predicted octanol–water partition coefficient (Wildman–Crippen LogP) is 0.135. The molecular formula is C18H30N2O8S2. The third-order valence-corrected chi connectivity index (χ3v) is 5.06. The van der Waals surface area contributed by atoms with Gasteiger partial charge in [0.15, 0.2) is 0 Å². The minimum atomic E-state index is -3.57. The van der Waals surface area contributed by atoms with Crippen molar-refractivity contribution in [1.82, 2.24) is 10.2 Å². The van der Waals surface area contributed by atoms with Crippen molar-refractivity contribution in [3.05, 3.63) is 35.9 Å². The number of amides is 1. The van der Waals surface area contributed by atoms with Crippen molar-refractivity contribution in [2.45, 2.75) is 13.0 Å². The minimum absolute atomic E-state index is 0.0905. The summed E-state index contributed by atoms with van der Waals surface area (Å²) >= 11 is 0. The monoisotopic (exact) mass is 466 g/mol. The number of carbonyl (C=O) groups excluding carboxylic acids is 1. The summed E-state index contributed by atoms with van der Waals surface area (Å²) in [6.07, 6.45) is 1.89. The Morgan fingerprint density at radius 2 is 1.43 bits per heavy atom. The molecule has 0 saturated carbocycles. The highest BCUT2D eigenvalue weighted by atomic mass is 32.2. The van der Waals surface area contributed by atoms with E-state index in [-0.39, 0.29) is 51.5 Å². The van der Waals surface area contributed by atoms with Gasteiger partial charge in [0.25, 0.3) is 20.2 Å². The van der Waals surface area contributed by atoms with Crippen molar-refractivity contribution in [3.63, 3.8) is 0 Å². The molecule has 0 aliphatic rings. The molecule has 1 amide bonds. The van der Waals surface area contributed by atoms with E-state index in [9.17, 15) is 21.6 Å². The molecule has 172 valence electrons. The molecule has 0 aliphatic carbocycles. The zero-order valence-electron chi connectivity index (χ0n) is 17.4. The summed E-state index contributed by atoms with van der Waals surface area (Å²) in [4.78, 5) is 13.7. The molecule has 1 atom stereocenters. The van der Waals surface area contributed by atoms with Crippen molar-refractivity contribution in [2.24, 2.45) is 0 Å². The van der Waals surface area contributed by atoms with E-state index in [1.165, 1.54) is 0 Å². The number of hydrogen-bond acceptors (Lipinski definition) is 9. The highest BCUT2D eigenvalue weighted by Crippen LogP contribution is 2.10. The van der Waals surface area contributed by atoms with Gasteiger partial charge >= 0.3 is 0 Å². The van der Waals surface area contributed by atoms with E-state index in [1.807, 2.05) is 37.3 Å². The summed E-state index contributed by atoms with van der Waals surface area (Å²) in [6, 6.07) is 9.37. The van der Waals surface area contributed by atoms with Crippen LogP contribution in [0.1, 0.15) is 18.5 Å². The van der Waals surface area contributed by atoms with Crippen LogP contribution in [0, 0.1) is 0 Å². The average Bonchev–Trinajstić information content (AvgIpc) is 2.63. The molecule has 0 saturated heterocycles. The van der Waals surface area contributed by atoms with Gasteiger partial charge in [-0.3, -0.25) is 18.1 Å². The van der Waals surface area contributed by atoms with Crippen LogP contribution in [0.5, 0.6) is 0 Å². The lowest BCUT2D eigenvalue weighted by Crippen LogP contribution is -2.36. The van der Waals surface area contributed by atoms with E-state index in [4.69, 9.17) is 13.1 Å². The Hall–Kier alpha value is -1.57. The minimum Gasteiger partial charge on any atom is -0.370 e. The number of carbonyl (C=O) groups is 1. The first-order valence-corrected chi connectivity index (χ1v) is 12.9. The molecule has 10 nitrogen and oxygen atoms in total. The van der Waals surface area contributed by atoms with Crippen LogP contribution < -0.4 is 5.32 Å². The number of hydrogen-bond donors (Lipinski definition) is 1. The van der Waals surface area contributed by atoms with E-state index in [0.717, 1.165) is 18.1 Å². The molecule has 1 aromatic carbocycles. The summed E-state index contributed by atoms with van der Waals surface area (Å²) in [6.45, 7) is 2.52. The Labute approximate surface area is 178 Å². The Balaban J connectivity index is 2.38. The SMILES string of the molecule is CC(NC(=O)COCCN(CCOS(C)(=O)=O)CCOS(C)(=O)=O)c1ccccc1. The molecule has 0 spiro atoms. The fourth-order valence-electron chi connectivity index (χ4n) is 2.44. The van der Waals surface area contributed by atoms with Gasteiger partial charge in [0.05, 0.1) is 38.4 Å². The lowest BCUT2D eigenvalue weighted by Gasteiger charge is -2.21. The second-order valence-electron chi connectivity index (χ2n) is 6.65. The summed E-state index contributed by atoms with van der Waals surface area (Å²) in [5.74, 6) is -0.265. The van der Waals surface area contributed by atoms with E-state index in [2.05, 4.69) is 5.32 Å². The molecule has 0 radical (unpaired) electrons. The zero-order valence-corrected chi connectivity index (χ0v) is 19.1. The number of ether oxygens (including phenoxy) is 1. The van der Waals surface area contributed by atoms with Crippen molar-refractivity contribution in [2.75, 3.05) is 58.6 Å². The Morgan fingerprint density at radius 1 is 0.933 bits per heavy atom. The van der Waals surface area contributed by atoms with Gasteiger partial charge in [-0.05, 0) is 12.5 Å². The number of rotatable bonds is 15. The Kier molecular flexibility index (Phi) is 11.4. The summed E-state index contributed by atoms with van der Waals surface area (Å²) < 4.78 is 59.1. The molecule has 30 heavy (non-hydrogen) atoms. The molecule has 0 fully saturated rings. The van der Waals surface area contributed by atoms with E-state index in [0.29, 0.717) is 6.54 Å². The van der Waals surface area contributed by atoms with Gasteiger partial charge < -0.3 is 10.1 Å². The summed E-state index contributed by atoms with van der Waals surface area (Å²) in [5, 5.41) is 2.84. The summed E-state index contributed by atoms with van der Waals surface area (Å²) in [5.41, 5.74) is 0.980. The maximum atomic E-state index is 12.0. The van der Waals surface area contributed by atoms with Crippen LogP contribution in [-0.4, -0.2) is 86.2 Å². The molecular weight excluding hydrogens is 436 g/mol. The van der Waals surface area contributed by atoms with Crippen LogP contribution in [0.2, 0.25) is 0 Å². The lowest BCUT2D eigenvalue weighted by molar-refractivity contribution is -0.126. The standard InChI is InChI=1S/C18H30N2O8S2/c1-16(17-7-5-4-6-8-17)19-18(21)15-26-12-9-20(10-13-27-29(2,22)23)11-14-28-30(3,24)25/h4-8,16H,9-15H2,1-3H3,(H,19,21). The highest BCUT2D eigenvalue weighted by molar-refractivity contribution is 7.86. The number of benzene rings is 1. The first-order chi connectivity index (χ1) is 14.0. The molecule has 1 aromatic rings. The van der Waals surface area contributed by atoms with E-state index >= 15 is 0 Å². The highest BCUT2D eigenvalue weighted by Gasteiger charge is 2.12. The van der Waals surface area contributed by atoms with Crippen molar-refractivity contribution in [3.8, 4) is 0 Å². The Bertz CT molecular complexity index is 806. The second-order valence-corrected chi connectivity index (χ2v) is 9.93. The smallest absolute Gasteiger partial charge is 0.264 e. The maximum absolute atomic E-state index is 12.0. The first-order valence-electron chi connectivity index (χ1n) is 9.29. The predicted molar refractivity (Wildman–Crippen MR) is 112 cm³/mol. The van der Waals surface area contributed by atoms with Crippen LogP contribution in [0.25, 0.3) is 0 Å². The molecule has 0 aliphatic heterocycles. The van der Waals surface area contributed by atoms with Crippen LogP contribution >= 0.6 is 0 Å². The zero-order chi connectivity index (χ0) is 22.6. The lowest BCUT2D eigenvalue weighted by atomic mass is 10.1. The third-order valence-electron chi connectivity index (χ3n) is 3.87. The first kappa shape index (κ1) is 26.5. The third kappa shape index (κ3) is 13.6. The van der Waals surface area contributed by atoms with Crippen LogP contribution in [-0.2, 0) is 38.1 Å². The normalized spacial score (nSPS) is 13.3. The van der Waals surface area contributed by atoms with Crippen molar-refractivity contribution >= 4 is 26.1 Å². The van der Waals surface area contributed by atoms with Crippen LogP contribution in [0.4, 0.5) is 0 Å². The summed E-state index contributed by atoms with van der Waals surface area (Å²) in [7, 11) is -7.14. The number of nitrogens with one attached hydrogen (secondary N) is 1. The fourth-order valence-corrected chi connectivity index (χ4v) is 3.19. The Morgan fingerprint density at radius 3 is 1.93 bits per heavy atom. The molecule has 12 heteroatoms. The van der Waals surface area contributed by atoms with Gasteiger partial charge in [0.2, 0.25) is 5.91 Å². The molecule has 0 heterocycles. The van der Waals surface area contributed by atoms with E-state index in [1.54, 1.807) is 4.90 Å². The largest absolute Gasteiger partial charge is 0.370 e. The second kappa shape index (κ2) is 13.0. The van der Waals surface area contributed by atoms with Gasteiger partial charge in [0.1, 0.15) is 6.61 Å². The molecule has 1 rings (SSSR count). The van der Waals surface area contributed by atoms with Crippen molar-refractivity contribution in [1.29, 1.82) is 0 Å². The van der Waals surface area contributed by atoms with Gasteiger partial charge in [0, 0.05) is 19.6 Å². The van der Waals surface area contributed by atoms with Gasteiger partial charge in [-0.1, -0.05) is 30.3 Å². The fraction of sp³-hybridized carbons (Fsp3) is 0.611. The van der Waals surface area contributed by atoms with Gasteiger partial charge in [-0.25, -0.2) is 0 Å². The molecule has 0 bridgehead atoms. The maximum Gasteiger partial charge on any atom is 0.264 e. The number of nitrogens with zero attached hydrogens (tertiary/aromatic N) is 1. The van der Waals surface area contributed by atoms with Gasteiger partial charge in [-0.15, -0.1) is 0 Å². The van der Waals surface area contributed by atoms with Crippen LogP contribution in [0.3, 0.4) is 0 Å². The average molecular weight is 467 g/mol. The topological polar surface area (TPSA) is 128 Å². The molecule has 0 aromatic heterocycles. The van der Waals surface area contributed by atoms with Crippen molar-refractivity contribution < 1.29 is 34.7 Å². The van der Waals surface area contributed by atoms with Crippen LogP contribution in [0.15, 0.2) is 30.3 Å². The molecule has 1 N–H and O–H groups in total. The quantitative estimate of drug-likeness (QED) is 0.283. The molecule has 1 unspecified atom stereocenters. The van der Waals surface area contributed by atoms with E-state index < -0.39 is 20.2 Å².